The molecule has 0 N–H and O–H groups in total. The lowest BCUT2D eigenvalue weighted by Crippen LogP contribution is -1.91. The molecule has 2 aromatic rings. The van der Waals surface area contributed by atoms with Gasteiger partial charge in [0, 0.05) is 21.4 Å². The fourth-order valence-corrected chi connectivity index (χ4v) is 2.81. The van der Waals surface area contributed by atoms with Gasteiger partial charge in [-0.25, -0.2) is 0 Å². The minimum Gasteiger partial charge on any atom is -0.455 e. The van der Waals surface area contributed by atoms with Gasteiger partial charge in [0.1, 0.15) is 11.5 Å². The van der Waals surface area contributed by atoms with Gasteiger partial charge in [0.25, 0.3) is 0 Å². The standard InChI is InChI=1S/C13H7Br2Cl3O/c14-6-7-1-2-8(15)3-12(7)19-13-5-10(17)9(16)4-11(13)18/h1-5H,6H2. The largest absolute Gasteiger partial charge is 0.455 e. The van der Waals surface area contributed by atoms with E-state index in [1.807, 2.05) is 18.2 Å². The van der Waals surface area contributed by atoms with E-state index in [-0.39, 0.29) is 0 Å². The highest BCUT2D eigenvalue weighted by atomic mass is 79.9. The van der Waals surface area contributed by atoms with Crippen molar-refractivity contribution in [3.8, 4) is 11.5 Å². The Morgan fingerprint density at radius 1 is 0.895 bits per heavy atom. The summed E-state index contributed by atoms with van der Waals surface area (Å²) in [7, 11) is 0. The second-order valence-electron chi connectivity index (χ2n) is 3.68. The maximum absolute atomic E-state index is 6.10. The van der Waals surface area contributed by atoms with Crippen LogP contribution in [0.4, 0.5) is 0 Å². The lowest BCUT2D eigenvalue weighted by Gasteiger charge is -2.12. The van der Waals surface area contributed by atoms with Gasteiger partial charge in [-0.3, -0.25) is 0 Å². The molecule has 0 fully saturated rings. The van der Waals surface area contributed by atoms with E-state index in [4.69, 9.17) is 39.5 Å². The maximum atomic E-state index is 6.10. The Balaban J connectivity index is 2.41. The molecule has 1 nitrogen and oxygen atoms in total. The fraction of sp³-hybridized carbons (Fsp3) is 0.0769. The molecule has 0 saturated carbocycles. The summed E-state index contributed by atoms with van der Waals surface area (Å²) in [6.45, 7) is 0. The van der Waals surface area contributed by atoms with Gasteiger partial charge in [0.05, 0.1) is 15.1 Å². The van der Waals surface area contributed by atoms with Crippen molar-refractivity contribution in [2.75, 3.05) is 0 Å². The van der Waals surface area contributed by atoms with Crippen molar-refractivity contribution in [3.63, 3.8) is 0 Å². The first-order valence-electron chi connectivity index (χ1n) is 5.18. The average molecular weight is 445 g/mol. The highest BCUT2D eigenvalue weighted by Crippen LogP contribution is 2.38. The molecular weight excluding hydrogens is 438 g/mol. The Hall–Kier alpha value is 0.0700. The second-order valence-corrected chi connectivity index (χ2v) is 6.38. The van der Waals surface area contributed by atoms with Crippen LogP contribution in [0.3, 0.4) is 0 Å². The van der Waals surface area contributed by atoms with Gasteiger partial charge in [-0.2, -0.15) is 0 Å². The number of ether oxygens (including phenoxy) is 1. The first-order valence-corrected chi connectivity index (χ1v) is 8.23. The first kappa shape index (κ1) is 15.5. The van der Waals surface area contributed by atoms with Crippen LogP contribution in [-0.4, -0.2) is 0 Å². The van der Waals surface area contributed by atoms with E-state index in [9.17, 15) is 0 Å². The van der Waals surface area contributed by atoms with E-state index in [0.29, 0.717) is 31.9 Å². The number of halogens is 5. The van der Waals surface area contributed by atoms with Gasteiger partial charge in [0.2, 0.25) is 0 Å². The SMILES string of the molecule is Clc1cc(Cl)c(Oc2cc(Br)ccc2CBr)cc1Cl. The van der Waals surface area contributed by atoms with Crippen molar-refractivity contribution >= 4 is 66.7 Å². The average Bonchev–Trinajstić information content (AvgIpc) is 2.36. The lowest BCUT2D eigenvalue weighted by molar-refractivity contribution is 0.478. The van der Waals surface area contributed by atoms with Gasteiger partial charge in [0.15, 0.2) is 0 Å². The van der Waals surface area contributed by atoms with Crippen LogP contribution in [0.5, 0.6) is 11.5 Å². The first-order chi connectivity index (χ1) is 9.01. The molecule has 19 heavy (non-hydrogen) atoms. The van der Waals surface area contributed by atoms with Gasteiger partial charge in [-0.05, 0) is 18.2 Å². The van der Waals surface area contributed by atoms with E-state index in [0.717, 1.165) is 10.0 Å². The third kappa shape index (κ3) is 3.79. The minimum absolute atomic E-state index is 0.397. The minimum atomic E-state index is 0.397. The van der Waals surface area contributed by atoms with Crippen molar-refractivity contribution in [1.29, 1.82) is 0 Å². The highest BCUT2D eigenvalue weighted by Gasteiger charge is 2.11. The van der Waals surface area contributed by atoms with E-state index in [1.165, 1.54) is 0 Å². The Morgan fingerprint density at radius 3 is 2.26 bits per heavy atom. The molecule has 0 saturated heterocycles. The topological polar surface area (TPSA) is 9.23 Å². The summed E-state index contributed by atoms with van der Waals surface area (Å²) in [6, 6.07) is 8.94. The highest BCUT2D eigenvalue weighted by molar-refractivity contribution is 9.10. The van der Waals surface area contributed by atoms with Crippen LogP contribution in [0.15, 0.2) is 34.8 Å². The molecule has 0 aliphatic carbocycles. The Labute approximate surface area is 143 Å². The smallest absolute Gasteiger partial charge is 0.147 e. The van der Waals surface area contributed by atoms with Gasteiger partial charge >= 0.3 is 0 Å². The molecule has 100 valence electrons. The summed E-state index contributed by atoms with van der Waals surface area (Å²) >= 11 is 24.8. The molecule has 0 heterocycles. The molecular formula is C13H7Br2Cl3O. The monoisotopic (exact) mass is 442 g/mol. The summed E-state index contributed by atoms with van der Waals surface area (Å²) in [4.78, 5) is 0. The second kappa shape index (κ2) is 6.68. The summed E-state index contributed by atoms with van der Waals surface area (Å²) in [5.74, 6) is 1.17. The van der Waals surface area contributed by atoms with E-state index in [1.54, 1.807) is 12.1 Å². The van der Waals surface area contributed by atoms with Gasteiger partial charge in [-0.15, -0.1) is 0 Å². The lowest BCUT2D eigenvalue weighted by atomic mass is 10.2. The summed E-state index contributed by atoms with van der Waals surface area (Å²) < 4.78 is 6.73. The molecule has 0 bridgehead atoms. The zero-order valence-electron chi connectivity index (χ0n) is 9.39. The van der Waals surface area contributed by atoms with Crippen LogP contribution < -0.4 is 4.74 Å². The van der Waals surface area contributed by atoms with Gasteiger partial charge < -0.3 is 4.74 Å². The maximum Gasteiger partial charge on any atom is 0.147 e. The summed E-state index contributed by atoms with van der Waals surface area (Å²) in [6.07, 6.45) is 0. The molecule has 2 rings (SSSR count). The predicted molar refractivity (Wildman–Crippen MR) is 88.3 cm³/mol. The van der Waals surface area contributed by atoms with Crippen molar-refractivity contribution in [1.82, 2.24) is 0 Å². The number of rotatable bonds is 3. The van der Waals surface area contributed by atoms with Gasteiger partial charge in [-0.1, -0.05) is 72.7 Å². The molecule has 0 atom stereocenters. The number of benzene rings is 2. The van der Waals surface area contributed by atoms with Crippen LogP contribution in [0, 0.1) is 0 Å². The van der Waals surface area contributed by atoms with Crippen LogP contribution in [0.1, 0.15) is 5.56 Å². The van der Waals surface area contributed by atoms with Crippen LogP contribution >= 0.6 is 66.7 Å². The third-order valence-corrected chi connectivity index (χ3v) is 4.48. The molecule has 0 aliphatic heterocycles. The van der Waals surface area contributed by atoms with Crippen LogP contribution in [0.25, 0.3) is 0 Å². The van der Waals surface area contributed by atoms with Crippen molar-refractivity contribution < 1.29 is 4.74 Å². The molecule has 0 aliphatic rings. The van der Waals surface area contributed by atoms with Crippen LogP contribution in [-0.2, 0) is 5.33 Å². The quantitative estimate of drug-likeness (QED) is 0.362. The number of hydrogen-bond acceptors (Lipinski definition) is 1. The molecule has 0 unspecified atom stereocenters. The third-order valence-electron chi connectivity index (χ3n) is 2.37. The molecule has 0 amide bonds. The van der Waals surface area contributed by atoms with E-state index >= 15 is 0 Å². The molecule has 0 aromatic heterocycles. The zero-order chi connectivity index (χ0) is 14.0. The molecule has 2 aromatic carbocycles. The van der Waals surface area contributed by atoms with Crippen molar-refractivity contribution in [2.24, 2.45) is 0 Å². The van der Waals surface area contributed by atoms with E-state index in [2.05, 4.69) is 31.9 Å². The van der Waals surface area contributed by atoms with Crippen LogP contribution in [0.2, 0.25) is 15.1 Å². The summed E-state index contributed by atoms with van der Waals surface area (Å²) in [5.41, 5.74) is 1.00. The predicted octanol–water partition coefficient (Wildman–Crippen LogP) is 7.10. The van der Waals surface area contributed by atoms with Crippen molar-refractivity contribution in [2.45, 2.75) is 5.33 Å². The molecule has 0 spiro atoms. The summed E-state index contributed by atoms with van der Waals surface area (Å²) in [5, 5.41) is 1.88. The zero-order valence-corrected chi connectivity index (χ0v) is 14.8. The molecule has 6 heteroatoms. The Bertz CT molecular complexity index is 617. The normalized spacial score (nSPS) is 10.6. The number of alkyl halides is 1. The number of hydrogen-bond donors (Lipinski definition) is 0. The molecule has 0 radical (unpaired) electrons. The fourth-order valence-electron chi connectivity index (χ4n) is 1.43. The Morgan fingerprint density at radius 2 is 1.58 bits per heavy atom. The van der Waals surface area contributed by atoms with Crippen molar-refractivity contribution in [3.05, 3.63) is 55.4 Å². The Kier molecular flexibility index (Phi) is 5.44. The van der Waals surface area contributed by atoms with E-state index < -0.39 is 0 Å².